The number of ether oxygens (including phenoxy) is 1. The van der Waals surface area contributed by atoms with Gasteiger partial charge in [-0.1, -0.05) is 0 Å². The molecule has 1 aliphatic rings. The SMILES string of the molecule is CC(=O)C1(NC(=O)OC(C)(C)C)CCN(c2ncnc3[nH]ccc23)CC1. The number of alkyl carbamates (subject to hydrolysis) is 1. The fourth-order valence-electron chi connectivity index (χ4n) is 3.27. The molecule has 2 aromatic heterocycles. The number of anilines is 1. The normalized spacial score (nSPS) is 17.2. The number of nitrogens with zero attached hydrogens (tertiary/aromatic N) is 3. The number of hydrogen-bond donors (Lipinski definition) is 2. The van der Waals surface area contributed by atoms with E-state index in [0.29, 0.717) is 25.9 Å². The Morgan fingerprint density at radius 3 is 2.58 bits per heavy atom. The van der Waals surface area contributed by atoms with E-state index in [1.54, 1.807) is 20.8 Å². The molecular formula is C18H25N5O3. The van der Waals surface area contributed by atoms with Crippen LogP contribution in [0.2, 0.25) is 0 Å². The number of fused-ring (bicyclic) bond motifs is 1. The minimum atomic E-state index is -0.900. The lowest BCUT2D eigenvalue weighted by molar-refractivity contribution is -0.124. The standard InChI is InChI=1S/C18H25N5O3/c1-12(24)18(22-16(25)26-17(2,3)4)6-9-23(10-7-18)15-13-5-8-19-14(13)20-11-21-15/h5,8,11H,6-7,9-10H2,1-4H3,(H,22,25)(H,19,20,21). The highest BCUT2D eigenvalue weighted by Crippen LogP contribution is 2.30. The summed E-state index contributed by atoms with van der Waals surface area (Å²) in [5, 5.41) is 3.76. The number of amides is 1. The number of aromatic amines is 1. The lowest BCUT2D eigenvalue weighted by Gasteiger charge is -2.41. The van der Waals surface area contributed by atoms with Crippen molar-refractivity contribution in [2.45, 2.75) is 51.7 Å². The Kier molecular flexibility index (Phi) is 4.60. The quantitative estimate of drug-likeness (QED) is 0.873. The van der Waals surface area contributed by atoms with E-state index in [4.69, 9.17) is 4.74 Å². The summed E-state index contributed by atoms with van der Waals surface area (Å²) in [6, 6.07) is 1.94. The lowest BCUT2D eigenvalue weighted by atomic mass is 9.84. The second kappa shape index (κ2) is 6.59. The molecule has 2 N–H and O–H groups in total. The van der Waals surface area contributed by atoms with Crippen molar-refractivity contribution in [1.82, 2.24) is 20.3 Å². The molecule has 1 fully saturated rings. The summed E-state index contributed by atoms with van der Waals surface area (Å²) in [5.41, 5.74) is -0.725. The summed E-state index contributed by atoms with van der Waals surface area (Å²) >= 11 is 0. The predicted molar refractivity (Wildman–Crippen MR) is 98.1 cm³/mol. The second-order valence-electron chi connectivity index (χ2n) is 7.69. The first-order valence-electron chi connectivity index (χ1n) is 8.75. The molecule has 0 aromatic carbocycles. The lowest BCUT2D eigenvalue weighted by Crippen LogP contribution is -2.60. The third-order valence-corrected chi connectivity index (χ3v) is 4.66. The van der Waals surface area contributed by atoms with E-state index in [9.17, 15) is 9.59 Å². The molecule has 0 aliphatic carbocycles. The second-order valence-corrected chi connectivity index (χ2v) is 7.69. The van der Waals surface area contributed by atoms with Crippen molar-refractivity contribution in [3.05, 3.63) is 18.6 Å². The molecule has 1 aliphatic heterocycles. The number of piperidine rings is 1. The zero-order valence-corrected chi connectivity index (χ0v) is 15.6. The highest BCUT2D eigenvalue weighted by molar-refractivity contribution is 5.91. The molecule has 0 bridgehead atoms. The number of carbonyl (C=O) groups is 2. The van der Waals surface area contributed by atoms with Crippen LogP contribution in [0.5, 0.6) is 0 Å². The monoisotopic (exact) mass is 359 g/mol. The number of H-pyrrole nitrogens is 1. The average Bonchev–Trinajstić information content (AvgIpc) is 3.02. The van der Waals surface area contributed by atoms with Crippen molar-refractivity contribution >= 4 is 28.7 Å². The molecule has 0 atom stereocenters. The Balaban J connectivity index is 1.74. The van der Waals surface area contributed by atoms with Crippen LogP contribution >= 0.6 is 0 Å². The van der Waals surface area contributed by atoms with Crippen LogP contribution in [0.25, 0.3) is 11.0 Å². The fraction of sp³-hybridized carbons (Fsp3) is 0.556. The highest BCUT2D eigenvalue weighted by atomic mass is 16.6. The van der Waals surface area contributed by atoms with Crippen molar-refractivity contribution in [2.24, 2.45) is 0 Å². The predicted octanol–water partition coefficient (Wildman–Crippen LogP) is 2.41. The molecule has 140 valence electrons. The van der Waals surface area contributed by atoms with Crippen molar-refractivity contribution in [3.8, 4) is 0 Å². The molecule has 2 aromatic rings. The summed E-state index contributed by atoms with van der Waals surface area (Å²) in [4.78, 5) is 38.3. The van der Waals surface area contributed by atoms with Gasteiger partial charge in [0.05, 0.1) is 5.39 Å². The van der Waals surface area contributed by atoms with Crippen LogP contribution < -0.4 is 10.2 Å². The summed E-state index contributed by atoms with van der Waals surface area (Å²) < 4.78 is 5.33. The van der Waals surface area contributed by atoms with Gasteiger partial charge in [-0.2, -0.15) is 0 Å². The number of hydrogen-bond acceptors (Lipinski definition) is 6. The van der Waals surface area contributed by atoms with E-state index < -0.39 is 17.2 Å². The van der Waals surface area contributed by atoms with Crippen LogP contribution in [-0.2, 0) is 9.53 Å². The van der Waals surface area contributed by atoms with Gasteiger partial charge in [0.15, 0.2) is 5.78 Å². The number of Topliss-reactive ketones (excluding diaryl/α,β-unsaturated/α-hetero) is 1. The molecular weight excluding hydrogens is 334 g/mol. The van der Waals surface area contributed by atoms with Gasteiger partial charge in [-0.05, 0) is 46.6 Å². The van der Waals surface area contributed by atoms with Crippen LogP contribution in [0, 0.1) is 0 Å². The third kappa shape index (κ3) is 3.63. The van der Waals surface area contributed by atoms with E-state index in [1.165, 1.54) is 13.3 Å². The zero-order valence-electron chi connectivity index (χ0n) is 15.6. The van der Waals surface area contributed by atoms with Gasteiger partial charge in [-0.25, -0.2) is 14.8 Å². The Hall–Kier alpha value is -2.64. The maximum absolute atomic E-state index is 12.3. The van der Waals surface area contributed by atoms with Crippen LogP contribution in [0.15, 0.2) is 18.6 Å². The van der Waals surface area contributed by atoms with Gasteiger partial charge in [-0.15, -0.1) is 0 Å². The van der Waals surface area contributed by atoms with Gasteiger partial charge in [-0.3, -0.25) is 4.79 Å². The van der Waals surface area contributed by atoms with Gasteiger partial charge in [0.25, 0.3) is 0 Å². The molecule has 3 rings (SSSR count). The Morgan fingerprint density at radius 2 is 1.96 bits per heavy atom. The third-order valence-electron chi connectivity index (χ3n) is 4.66. The first kappa shape index (κ1) is 18.2. The molecule has 0 saturated carbocycles. The minimum absolute atomic E-state index is 0.0579. The number of rotatable bonds is 3. The Morgan fingerprint density at radius 1 is 1.27 bits per heavy atom. The molecule has 1 amide bonds. The van der Waals surface area contributed by atoms with Gasteiger partial charge in [0, 0.05) is 19.3 Å². The highest BCUT2D eigenvalue weighted by Gasteiger charge is 2.41. The Labute approximate surface area is 152 Å². The molecule has 0 radical (unpaired) electrons. The van der Waals surface area contributed by atoms with Gasteiger partial charge in [0.1, 0.15) is 28.9 Å². The van der Waals surface area contributed by atoms with Crippen molar-refractivity contribution in [2.75, 3.05) is 18.0 Å². The number of carbonyl (C=O) groups excluding carboxylic acids is 2. The van der Waals surface area contributed by atoms with Crippen LogP contribution in [0.3, 0.4) is 0 Å². The summed E-state index contributed by atoms with van der Waals surface area (Å²) in [7, 11) is 0. The van der Waals surface area contributed by atoms with E-state index >= 15 is 0 Å². The zero-order chi connectivity index (χ0) is 18.9. The van der Waals surface area contributed by atoms with Gasteiger partial charge in [0.2, 0.25) is 0 Å². The number of nitrogens with one attached hydrogen (secondary N) is 2. The maximum atomic E-state index is 12.3. The summed E-state index contributed by atoms with van der Waals surface area (Å²) in [6.45, 7) is 8.12. The maximum Gasteiger partial charge on any atom is 0.408 e. The summed E-state index contributed by atoms with van der Waals surface area (Å²) in [6.07, 6.45) is 3.79. The van der Waals surface area contributed by atoms with E-state index in [0.717, 1.165) is 16.9 Å². The largest absolute Gasteiger partial charge is 0.444 e. The molecule has 26 heavy (non-hydrogen) atoms. The fourth-order valence-corrected chi connectivity index (χ4v) is 3.27. The van der Waals surface area contributed by atoms with E-state index in [2.05, 4.69) is 25.2 Å². The molecule has 8 heteroatoms. The smallest absolute Gasteiger partial charge is 0.408 e. The Bertz CT molecular complexity index is 816. The first-order valence-corrected chi connectivity index (χ1v) is 8.75. The average molecular weight is 359 g/mol. The molecule has 0 unspecified atom stereocenters. The van der Waals surface area contributed by atoms with E-state index in [1.807, 2.05) is 12.3 Å². The van der Waals surface area contributed by atoms with Crippen LogP contribution in [0.4, 0.5) is 10.6 Å². The van der Waals surface area contributed by atoms with Crippen LogP contribution in [-0.4, -0.2) is 51.1 Å². The topological polar surface area (TPSA) is 100 Å². The van der Waals surface area contributed by atoms with Crippen molar-refractivity contribution in [1.29, 1.82) is 0 Å². The first-order chi connectivity index (χ1) is 12.2. The van der Waals surface area contributed by atoms with E-state index in [-0.39, 0.29) is 5.78 Å². The van der Waals surface area contributed by atoms with Crippen LogP contribution in [0.1, 0.15) is 40.5 Å². The number of ketones is 1. The number of aromatic nitrogens is 3. The van der Waals surface area contributed by atoms with Crippen molar-refractivity contribution < 1.29 is 14.3 Å². The molecule has 3 heterocycles. The van der Waals surface area contributed by atoms with Gasteiger partial charge >= 0.3 is 6.09 Å². The molecule has 8 nitrogen and oxygen atoms in total. The minimum Gasteiger partial charge on any atom is -0.444 e. The molecule has 0 spiro atoms. The summed E-state index contributed by atoms with van der Waals surface area (Å²) in [5.74, 6) is 0.781. The van der Waals surface area contributed by atoms with Crippen molar-refractivity contribution in [3.63, 3.8) is 0 Å². The van der Waals surface area contributed by atoms with Gasteiger partial charge < -0.3 is 19.9 Å². The molecule has 1 saturated heterocycles.